The van der Waals surface area contributed by atoms with E-state index in [4.69, 9.17) is 4.74 Å². The first-order chi connectivity index (χ1) is 12.7. The summed E-state index contributed by atoms with van der Waals surface area (Å²) >= 11 is 0. The summed E-state index contributed by atoms with van der Waals surface area (Å²) in [6.45, 7) is 1.47. The lowest BCUT2D eigenvalue weighted by atomic mass is 9.91. The minimum Gasteiger partial charge on any atom is -0.376 e. The van der Waals surface area contributed by atoms with Gasteiger partial charge in [0.05, 0.1) is 6.10 Å². The lowest BCUT2D eigenvalue weighted by molar-refractivity contribution is -0.139. The van der Waals surface area contributed by atoms with E-state index in [1.807, 2.05) is 60.7 Å². The Labute approximate surface area is 153 Å². The highest BCUT2D eigenvalue weighted by Gasteiger charge is 2.21. The van der Waals surface area contributed by atoms with E-state index >= 15 is 0 Å². The first kappa shape index (κ1) is 18.1. The molecule has 3 rings (SSSR count). The summed E-state index contributed by atoms with van der Waals surface area (Å²) in [6, 6.07) is 19.9. The van der Waals surface area contributed by atoms with Gasteiger partial charge in [-0.25, -0.2) is 0 Å². The number of hydrogen-bond acceptors (Lipinski definition) is 3. The average molecular weight is 352 g/mol. The van der Waals surface area contributed by atoms with E-state index < -0.39 is 11.8 Å². The molecule has 1 heterocycles. The van der Waals surface area contributed by atoms with E-state index in [9.17, 15) is 9.59 Å². The van der Waals surface area contributed by atoms with Crippen molar-refractivity contribution in [3.63, 3.8) is 0 Å². The Balaban J connectivity index is 1.58. The van der Waals surface area contributed by atoms with Gasteiger partial charge in [0, 0.05) is 25.6 Å². The van der Waals surface area contributed by atoms with Crippen LogP contribution in [0, 0.1) is 0 Å². The van der Waals surface area contributed by atoms with Gasteiger partial charge in [0.2, 0.25) is 0 Å². The highest BCUT2D eigenvalue weighted by atomic mass is 16.5. The molecule has 2 aromatic rings. The van der Waals surface area contributed by atoms with Crippen molar-refractivity contribution in [2.24, 2.45) is 0 Å². The lowest BCUT2D eigenvalue weighted by Gasteiger charge is -2.19. The van der Waals surface area contributed by atoms with E-state index in [-0.39, 0.29) is 12.0 Å². The van der Waals surface area contributed by atoms with Crippen molar-refractivity contribution in [1.29, 1.82) is 0 Å². The summed E-state index contributed by atoms with van der Waals surface area (Å²) in [5.74, 6) is -1.23. The van der Waals surface area contributed by atoms with Crippen LogP contribution in [-0.2, 0) is 14.3 Å². The topological polar surface area (TPSA) is 67.4 Å². The number of amides is 2. The minimum atomic E-state index is -0.611. The largest absolute Gasteiger partial charge is 0.376 e. The minimum absolute atomic E-state index is 0.00712. The maximum absolute atomic E-state index is 12.2. The standard InChI is InChI=1S/C21H24N2O3/c24-20(22-14-18-12-7-13-26-18)21(25)23-15-19(16-8-3-1-4-9-16)17-10-5-2-6-11-17/h1-6,8-11,18-19H,7,12-15H2,(H,22,24)(H,23,25)/t18-/m0/s1. The second-order valence-corrected chi connectivity index (χ2v) is 6.43. The zero-order valence-corrected chi connectivity index (χ0v) is 14.7. The van der Waals surface area contributed by atoms with Gasteiger partial charge in [-0.05, 0) is 24.0 Å². The molecular formula is C21H24N2O3. The molecule has 136 valence electrons. The highest BCUT2D eigenvalue weighted by molar-refractivity contribution is 6.35. The monoisotopic (exact) mass is 352 g/mol. The van der Waals surface area contributed by atoms with Crippen LogP contribution in [0.3, 0.4) is 0 Å². The van der Waals surface area contributed by atoms with Crippen molar-refractivity contribution in [2.45, 2.75) is 24.9 Å². The Bertz CT molecular complexity index is 673. The molecule has 1 atom stereocenters. The molecule has 1 aliphatic rings. The third-order valence-electron chi connectivity index (χ3n) is 4.59. The summed E-state index contributed by atoms with van der Waals surface area (Å²) in [7, 11) is 0. The molecule has 0 aliphatic carbocycles. The molecule has 0 aromatic heterocycles. The van der Waals surface area contributed by atoms with Crippen molar-refractivity contribution >= 4 is 11.8 Å². The van der Waals surface area contributed by atoms with Crippen LogP contribution in [0.5, 0.6) is 0 Å². The number of carbonyl (C=O) groups excluding carboxylic acids is 2. The Morgan fingerprint density at radius 3 is 2.04 bits per heavy atom. The fourth-order valence-corrected chi connectivity index (χ4v) is 3.17. The lowest BCUT2D eigenvalue weighted by Crippen LogP contribution is -2.43. The van der Waals surface area contributed by atoms with Crippen LogP contribution in [0.25, 0.3) is 0 Å². The SMILES string of the molecule is O=C(NCC(c1ccccc1)c1ccccc1)C(=O)NC[C@@H]1CCCO1. The van der Waals surface area contributed by atoms with Crippen LogP contribution in [0.15, 0.2) is 60.7 Å². The summed E-state index contributed by atoms with van der Waals surface area (Å²) in [4.78, 5) is 24.2. The fraction of sp³-hybridized carbons (Fsp3) is 0.333. The second-order valence-electron chi connectivity index (χ2n) is 6.43. The molecule has 0 spiro atoms. The van der Waals surface area contributed by atoms with Crippen LogP contribution < -0.4 is 10.6 Å². The van der Waals surface area contributed by atoms with Crippen molar-refractivity contribution in [2.75, 3.05) is 19.7 Å². The molecule has 26 heavy (non-hydrogen) atoms. The van der Waals surface area contributed by atoms with Crippen molar-refractivity contribution in [3.05, 3.63) is 71.8 Å². The van der Waals surface area contributed by atoms with Crippen LogP contribution in [0.1, 0.15) is 29.9 Å². The molecule has 1 aliphatic heterocycles. The molecular weight excluding hydrogens is 328 g/mol. The molecule has 0 bridgehead atoms. The summed E-state index contributed by atoms with van der Waals surface area (Å²) in [6.07, 6.45) is 1.95. The maximum Gasteiger partial charge on any atom is 0.309 e. The van der Waals surface area contributed by atoms with Crippen molar-refractivity contribution in [3.8, 4) is 0 Å². The Morgan fingerprint density at radius 2 is 1.50 bits per heavy atom. The number of nitrogens with one attached hydrogen (secondary N) is 2. The van der Waals surface area contributed by atoms with Gasteiger partial charge in [0.25, 0.3) is 0 Å². The van der Waals surface area contributed by atoms with E-state index in [1.54, 1.807) is 0 Å². The molecule has 0 radical (unpaired) electrons. The fourth-order valence-electron chi connectivity index (χ4n) is 3.17. The molecule has 2 N–H and O–H groups in total. The normalized spacial score (nSPS) is 16.4. The Hall–Kier alpha value is -2.66. The molecule has 1 saturated heterocycles. The number of ether oxygens (including phenoxy) is 1. The Kier molecular flexibility index (Phi) is 6.39. The highest BCUT2D eigenvalue weighted by Crippen LogP contribution is 2.23. The molecule has 5 nitrogen and oxygen atoms in total. The first-order valence-electron chi connectivity index (χ1n) is 9.01. The van der Waals surface area contributed by atoms with Crippen LogP contribution in [-0.4, -0.2) is 37.6 Å². The quantitative estimate of drug-likeness (QED) is 0.784. The third kappa shape index (κ3) is 4.92. The van der Waals surface area contributed by atoms with Gasteiger partial charge in [-0.15, -0.1) is 0 Å². The number of rotatable bonds is 6. The predicted molar refractivity (Wildman–Crippen MR) is 99.7 cm³/mol. The van der Waals surface area contributed by atoms with Crippen LogP contribution in [0.2, 0.25) is 0 Å². The van der Waals surface area contributed by atoms with Crippen LogP contribution >= 0.6 is 0 Å². The smallest absolute Gasteiger partial charge is 0.309 e. The number of benzene rings is 2. The van der Waals surface area contributed by atoms with Gasteiger partial charge in [-0.1, -0.05) is 60.7 Å². The molecule has 5 heteroatoms. The van der Waals surface area contributed by atoms with Crippen molar-refractivity contribution in [1.82, 2.24) is 10.6 Å². The number of hydrogen-bond donors (Lipinski definition) is 2. The number of carbonyl (C=O) groups is 2. The first-order valence-corrected chi connectivity index (χ1v) is 9.01. The zero-order valence-electron chi connectivity index (χ0n) is 14.7. The van der Waals surface area contributed by atoms with Crippen LogP contribution in [0.4, 0.5) is 0 Å². The average Bonchev–Trinajstić information content (AvgIpc) is 3.21. The van der Waals surface area contributed by atoms with E-state index in [2.05, 4.69) is 10.6 Å². The molecule has 1 fully saturated rings. The molecule has 0 unspecified atom stereocenters. The summed E-state index contributed by atoms with van der Waals surface area (Å²) < 4.78 is 5.45. The summed E-state index contributed by atoms with van der Waals surface area (Å²) in [5.41, 5.74) is 2.19. The van der Waals surface area contributed by atoms with Gasteiger partial charge < -0.3 is 15.4 Å². The van der Waals surface area contributed by atoms with E-state index in [0.717, 1.165) is 30.6 Å². The zero-order chi connectivity index (χ0) is 18.2. The molecule has 2 amide bonds. The maximum atomic E-state index is 12.2. The van der Waals surface area contributed by atoms with Gasteiger partial charge in [-0.2, -0.15) is 0 Å². The van der Waals surface area contributed by atoms with E-state index in [0.29, 0.717) is 13.1 Å². The van der Waals surface area contributed by atoms with Gasteiger partial charge in [0.1, 0.15) is 0 Å². The van der Waals surface area contributed by atoms with E-state index in [1.165, 1.54) is 0 Å². The second kappa shape index (κ2) is 9.15. The predicted octanol–water partition coefficient (Wildman–Crippen LogP) is 2.23. The molecule has 2 aromatic carbocycles. The van der Waals surface area contributed by atoms with Gasteiger partial charge in [-0.3, -0.25) is 9.59 Å². The molecule has 0 saturated carbocycles. The van der Waals surface area contributed by atoms with Gasteiger partial charge in [0.15, 0.2) is 0 Å². The summed E-state index contributed by atoms with van der Waals surface area (Å²) in [5, 5.41) is 5.41. The third-order valence-corrected chi connectivity index (χ3v) is 4.59. The Morgan fingerprint density at radius 1 is 0.923 bits per heavy atom. The van der Waals surface area contributed by atoms with Crippen molar-refractivity contribution < 1.29 is 14.3 Å². The van der Waals surface area contributed by atoms with Gasteiger partial charge >= 0.3 is 11.8 Å².